The highest BCUT2D eigenvalue weighted by molar-refractivity contribution is 7.16. The van der Waals surface area contributed by atoms with Gasteiger partial charge in [0.25, 0.3) is 5.91 Å². The number of nitrogens with zero attached hydrogens (tertiary/aromatic N) is 2. The summed E-state index contributed by atoms with van der Waals surface area (Å²) in [5, 5.41) is 4.81. The number of carbonyl (C=O) groups excluding carboxylic acids is 2. The SMILES string of the molecule is COC(=O)c1ccc(C(=O)Nc2ccc(-c3cn4ccsc4n3)cc2)s1. The van der Waals surface area contributed by atoms with Crippen molar-refractivity contribution >= 4 is 45.2 Å². The first-order valence-corrected chi connectivity index (χ1v) is 9.36. The molecule has 0 fully saturated rings. The maximum absolute atomic E-state index is 12.3. The Hall–Kier alpha value is -2.97. The molecule has 0 radical (unpaired) electrons. The molecule has 0 atom stereocenters. The third-order valence-electron chi connectivity index (χ3n) is 3.75. The van der Waals surface area contributed by atoms with Gasteiger partial charge in [0.1, 0.15) is 4.88 Å². The Balaban J connectivity index is 1.48. The van der Waals surface area contributed by atoms with Gasteiger partial charge in [-0.1, -0.05) is 12.1 Å². The van der Waals surface area contributed by atoms with Gasteiger partial charge in [0.2, 0.25) is 0 Å². The van der Waals surface area contributed by atoms with E-state index in [2.05, 4.69) is 15.0 Å². The normalized spacial score (nSPS) is 10.8. The summed E-state index contributed by atoms with van der Waals surface area (Å²) in [6.45, 7) is 0. The predicted octanol–water partition coefficient (Wildman–Crippen LogP) is 4.16. The van der Waals surface area contributed by atoms with Crippen LogP contribution in [0.3, 0.4) is 0 Å². The van der Waals surface area contributed by atoms with Crippen LogP contribution in [0.15, 0.2) is 54.2 Å². The van der Waals surface area contributed by atoms with Crippen LogP contribution in [0.5, 0.6) is 0 Å². The van der Waals surface area contributed by atoms with Gasteiger partial charge in [-0.05, 0) is 24.3 Å². The average molecular weight is 383 g/mol. The molecule has 0 aliphatic rings. The summed E-state index contributed by atoms with van der Waals surface area (Å²) in [7, 11) is 1.31. The van der Waals surface area contributed by atoms with E-state index in [0.29, 0.717) is 15.4 Å². The summed E-state index contributed by atoms with van der Waals surface area (Å²) in [5.41, 5.74) is 2.53. The second-order valence-electron chi connectivity index (χ2n) is 5.41. The highest BCUT2D eigenvalue weighted by atomic mass is 32.1. The van der Waals surface area contributed by atoms with Gasteiger partial charge < -0.3 is 10.1 Å². The minimum Gasteiger partial charge on any atom is -0.465 e. The maximum Gasteiger partial charge on any atom is 0.348 e. The molecule has 0 unspecified atom stereocenters. The van der Waals surface area contributed by atoms with Gasteiger partial charge >= 0.3 is 5.97 Å². The number of ether oxygens (including phenoxy) is 1. The first-order chi connectivity index (χ1) is 12.6. The zero-order valence-electron chi connectivity index (χ0n) is 13.6. The van der Waals surface area contributed by atoms with Crippen LogP contribution >= 0.6 is 22.7 Å². The molecular formula is C18H13N3O3S2. The highest BCUT2D eigenvalue weighted by Crippen LogP contribution is 2.24. The number of anilines is 1. The number of hydrogen-bond acceptors (Lipinski definition) is 6. The standard InChI is InChI=1S/C18H13N3O3S2/c1-24-17(23)15-7-6-14(26-15)16(22)19-12-4-2-11(3-5-12)13-10-21-8-9-25-18(21)20-13/h2-10H,1H3,(H,19,22). The number of carbonyl (C=O) groups is 2. The summed E-state index contributed by atoms with van der Waals surface area (Å²) in [4.78, 5) is 30.1. The number of imidazole rings is 1. The number of amides is 1. The van der Waals surface area contributed by atoms with Gasteiger partial charge in [0.05, 0.1) is 17.7 Å². The number of thiazole rings is 1. The molecule has 4 rings (SSSR count). The molecule has 3 heterocycles. The first kappa shape index (κ1) is 16.5. The summed E-state index contributed by atoms with van der Waals surface area (Å²) in [5.74, 6) is -0.709. The molecular weight excluding hydrogens is 370 g/mol. The molecule has 0 aliphatic heterocycles. The Morgan fingerprint density at radius 3 is 2.62 bits per heavy atom. The van der Waals surface area contributed by atoms with Crippen LogP contribution in [-0.4, -0.2) is 28.4 Å². The Kier molecular flexibility index (Phi) is 4.27. The van der Waals surface area contributed by atoms with E-state index >= 15 is 0 Å². The van der Waals surface area contributed by atoms with E-state index in [1.54, 1.807) is 23.5 Å². The lowest BCUT2D eigenvalue weighted by Gasteiger charge is -2.04. The Bertz CT molecular complexity index is 1060. The zero-order chi connectivity index (χ0) is 18.1. The van der Waals surface area contributed by atoms with E-state index in [9.17, 15) is 9.59 Å². The van der Waals surface area contributed by atoms with Crippen molar-refractivity contribution in [3.05, 3.63) is 63.9 Å². The monoisotopic (exact) mass is 383 g/mol. The molecule has 130 valence electrons. The van der Waals surface area contributed by atoms with Crippen LogP contribution in [0.4, 0.5) is 5.69 Å². The Morgan fingerprint density at radius 1 is 1.12 bits per heavy atom. The van der Waals surface area contributed by atoms with E-state index in [1.807, 2.05) is 46.4 Å². The second-order valence-corrected chi connectivity index (χ2v) is 7.36. The van der Waals surface area contributed by atoms with Crippen molar-refractivity contribution in [2.24, 2.45) is 0 Å². The van der Waals surface area contributed by atoms with E-state index in [1.165, 1.54) is 7.11 Å². The van der Waals surface area contributed by atoms with Crippen LogP contribution < -0.4 is 5.32 Å². The molecule has 0 spiro atoms. The van der Waals surface area contributed by atoms with Crippen molar-refractivity contribution in [3.8, 4) is 11.3 Å². The molecule has 4 aromatic rings. The van der Waals surface area contributed by atoms with Crippen molar-refractivity contribution in [1.29, 1.82) is 0 Å². The first-order valence-electron chi connectivity index (χ1n) is 7.66. The number of aromatic nitrogens is 2. The summed E-state index contributed by atoms with van der Waals surface area (Å²) in [6.07, 6.45) is 3.94. The molecule has 6 nitrogen and oxygen atoms in total. The third-order valence-corrected chi connectivity index (χ3v) is 5.58. The van der Waals surface area contributed by atoms with Gasteiger partial charge in [-0.15, -0.1) is 22.7 Å². The summed E-state index contributed by atoms with van der Waals surface area (Å²) in [6, 6.07) is 10.7. The number of esters is 1. The van der Waals surface area contributed by atoms with Gasteiger partial charge in [0.15, 0.2) is 4.96 Å². The number of methoxy groups -OCH3 is 1. The van der Waals surface area contributed by atoms with Crippen molar-refractivity contribution in [2.45, 2.75) is 0 Å². The Labute approximate surface area is 156 Å². The molecule has 0 bridgehead atoms. The molecule has 3 aromatic heterocycles. The smallest absolute Gasteiger partial charge is 0.348 e. The van der Waals surface area contributed by atoms with Gasteiger partial charge in [0, 0.05) is 29.0 Å². The quantitative estimate of drug-likeness (QED) is 0.537. The molecule has 1 aromatic carbocycles. The lowest BCUT2D eigenvalue weighted by molar-refractivity contribution is 0.0606. The van der Waals surface area contributed by atoms with Crippen molar-refractivity contribution in [1.82, 2.24) is 9.38 Å². The molecule has 0 saturated heterocycles. The fourth-order valence-electron chi connectivity index (χ4n) is 2.45. The fourth-order valence-corrected chi connectivity index (χ4v) is 3.97. The molecule has 0 aliphatic carbocycles. The van der Waals surface area contributed by atoms with Crippen LogP contribution in [0, 0.1) is 0 Å². The summed E-state index contributed by atoms with van der Waals surface area (Å²) >= 11 is 2.68. The number of rotatable bonds is 4. The van der Waals surface area contributed by atoms with Crippen LogP contribution in [0.2, 0.25) is 0 Å². The number of thiophene rings is 1. The lowest BCUT2D eigenvalue weighted by atomic mass is 10.1. The van der Waals surface area contributed by atoms with Crippen LogP contribution in [-0.2, 0) is 4.74 Å². The van der Waals surface area contributed by atoms with Gasteiger partial charge in [-0.3, -0.25) is 9.20 Å². The number of hydrogen-bond donors (Lipinski definition) is 1. The van der Waals surface area contributed by atoms with Crippen molar-refractivity contribution in [2.75, 3.05) is 12.4 Å². The van der Waals surface area contributed by atoms with Gasteiger partial charge in [-0.25, -0.2) is 9.78 Å². The minimum atomic E-state index is -0.446. The zero-order valence-corrected chi connectivity index (χ0v) is 15.3. The molecule has 1 N–H and O–H groups in total. The molecule has 8 heteroatoms. The lowest BCUT2D eigenvalue weighted by Crippen LogP contribution is -2.09. The van der Waals surface area contributed by atoms with Gasteiger partial charge in [-0.2, -0.15) is 0 Å². The average Bonchev–Trinajstić information content (AvgIpc) is 3.37. The number of benzene rings is 1. The predicted molar refractivity (Wildman–Crippen MR) is 102 cm³/mol. The summed E-state index contributed by atoms with van der Waals surface area (Å²) < 4.78 is 6.63. The van der Waals surface area contributed by atoms with Crippen molar-refractivity contribution < 1.29 is 14.3 Å². The van der Waals surface area contributed by atoms with E-state index < -0.39 is 5.97 Å². The number of fused-ring (bicyclic) bond motifs is 1. The fraction of sp³-hybridized carbons (Fsp3) is 0.0556. The van der Waals surface area contributed by atoms with Crippen LogP contribution in [0.25, 0.3) is 16.2 Å². The largest absolute Gasteiger partial charge is 0.465 e. The Morgan fingerprint density at radius 2 is 1.88 bits per heavy atom. The molecule has 26 heavy (non-hydrogen) atoms. The van der Waals surface area contributed by atoms with E-state index in [-0.39, 0.29) is 5.91 Å². The highest BCUT2D eigenvalue weighted by Gasteiger charge is 2.14. The minimum absolute atomic E-state index is 0.264. The second kappa shape index (κ2) is 6.74. The van der Waals surface area contributed by atoms with E-state index in [0.717, 1.165) is 27.6 Å². The molecule has 0 saturated carbocycles. The maximum atomic E-state index is 12.3. The molecule has 1 amide bonds. The third kappa shape index (κ3) is 3.12. The topological polar surface area (TPSA) is 72.7 Å². The van der Waals surface area contributed by atoms with Crippen LogP contribution in [0.1, 0.15) is 19.3 Å². The number of nitrogens with one attached hydrogen (secondary N) is 1. The van der Waals surface area contributed by atoms with E-state index in [4.69, 9.17) is 0 Å². The van der Waals surface area contributed by atoms with Crippen molar-refractivity contribution in [3.63, 3.8) is 0 Å².